The van der Waals surface area contributed by atoms with E-state index < -0.39 is 11.9 Å². The van der Waals surface area contributed by atoms with E-state index in [4.69, 9.17) is 5.73 Å². The third kappa shape index (κ3) is 4.03. The van der Waals surface area contributed by atoms with E-state index in [0.29, 0.717) is 0 Å². The van der Waals surface area contributed by atoms with Gasteiger partial charge in [0.2, 0.25) is 17.7 Å². The van der Waals surface area contributed by atoms with Crippen LogP contribution in [0, 0.1) is 0 Å². The number of carbonyl (C=O) groups excluding carboxylic acids is 3. The summed E-state index contributed by atoms with van der Waals surface area (Å²) in [5, 5.41) is 3.06. The molecule has 1 aliphatic heterocycles. The van der Waals surface area contributed by atoms with Crippen molar-refractivity contribution in [3.8, 4) is 0 Å². The van der Waals surface area contributed by atoms with E-state index in [1.54, 1.807) is 6.92 Å². The second-order valence-corrected chi connectivity index (χ2v) is 6.24. The van der Waals surface area contributed by atoms with Crippen molar-refractivity contribution in [2.75, 3.05) is 0 Å². The first-order valence-electron chi connectivity index (χ1n) is 7.89. The minimum Gasteiger partial charge on any atom is -0.370 e. The second-order valence-electron chi connectivity index (χ2n) is 6.24. The number of amides is 3. The van der Waals surface area contributed by atoms with Gasteiger partial charge in [-0.05, 0) is 19.8 Å². The Morgan fingerprint density at radius 2 is 1.90 bits per heavy atom. The minimum atomic E-state index is -0.505. The van der Waals surface area contributed by atoms with Crippen molar-refractivity contribution in [2.45, 2.75) is 76.4 Å². The van der Waals surface area contributed by atoms with Crippen LogP contribution in [-0.4, -0.2) is 40.7 Å². The van der Waals surface area contributed by atoms with Gasteiger partial charge in [-0.25, -0.2) is 0 Å². The number of nitrogens with two attached hydrogens (primary N) is 1. The summed E-state index contributed by atoms with van der Waals surface area (Å²) >= 11 is 0. The smallest absolute Gasteiger partial charge is 0.247 e. The Morgan fingerprint density at radius 1 is 1.29 bits per heavy atom. The number of nitrogens with one attached hydrogen (secondary N) is 1. The Kier molecular flexibility index (Phi) is 5.33. The lowest BCUT2D eigenvalue weighted by Crippen LogP contribution is -2.46. The highest BCUT2D eigenvalue weighted by molar-refractivity contribution is 6.05. The highest BCUT2D eigenvalue weighted by atomic mass is 16.2. The monoisotopic (exact) mass is 295 g/mol. The molecule has 0 aromatic rings. The van der Waals surface area contributed by atoms with E-state index in [1.165, 1.54) is 17.7 Å². The first kappa shape index (κ1) is 15.9. The van der Waals surface area contributed by atoms with E-state index in [-0.39, 0.29) is 36.7 Å². The molecule has 118 valence electrons. The van der Waals surface area contributed by atoms with Crippen molar-refractivity contribution >= 4 is 17.7 Å². The summed E-state index contributed by atoms with van der Waals surface area (Å²) in [6.45, 7) is 1.80. The normalized spacial score (nSPS) is 26.0. The maximum atomic E-state index is 12.5. The summed E-state index contributed by atoms with van der Waals surface area (Å²) in [5.74, 6) is -0.633. The van der Waals surface area contributed by atoms with Crippen LogP contribution in [0.3, 0.4) is 0 Å². The fourth-order valence-corrected chi connectivity index (χ4v) is 3.39. The quantitative estimate of drug-likeness (QED) is 0.576. The summed E-state index contributed by atoms with van der Waals surface area (Å²) in [7, 11) is 0. The molecular formula is C15H25N3O3. The van der Waals surface area contributed by atoms with Crippen molar-refractivity contribution in [3.05, 3.63) is 0 Å². The van der Waals surface area contributed by atoms with E-state index in [9.17, 15) is 14.4 Å². The Bertz CT molecular complexity index is 416. The molecule has 0 spiro atoms. The van der Waals surface area contributed by atoms with Gasteiger partial charge in [-0.2, -0.15) is 0 Å². The van der Waals surface area contributed by atoms with Gasteiger partial charge in [0.05, 0.1) is 12.5 Å². The SMILES string of the molecule is CC(CC(N)=O)NC1CC(=O)N(C2CCCCCC2)C1=O. The van der Waals surface area contributed by atoms with E-state index in [0.717, 1.165) is 25.7 Å². The summed E-state index contributed by atoms with van der Waals surface area (Å²) in [4.78, 5) is 37.0. The molecule has 6 nitrogen and oxygen atoms in total. The summed E-state index contributed by atoms with van der Waals surface area (Å²) < 4.78 is 0. The lowest BCUT2D eigenvalue weighted by Gasteiger charge is -2.26. The van der Waals surface area contributed by atoms with Gasteiger partial charge < -0.3 is 11.1 Å². The molecule has 1 saturated carbocycles. The third-order valence-corrected chi connectivity index (χ3v) is 4.37. The molecule has 0 aromatic carbocycles. The Balaban J connectivity index is 1.97. The van der Waals surface area contributed by atoms with Crippen molar-refractivity contribution < 1.29 is 14.4 Å². The number of primary amides is 1. The molecule has 2 fully saturated rings. The zero-order chi connectivity index (χ0) is 15.4. The van der Waals surface area contributed by atoms with Gasteiger partial charge in [0.25, 0.3) is 0 Å². The highest BCUT2D eigenvalue weighted by Crippen LogP contribution is 2.26. The fourth-order valence-electron chi connectivity index (χ4n) is 3.39. The van der Waals surface area contributed by atoms with Crippen LogP contribution in [0.4, 0.5) is 0 Å². The first-order valence-corrected chi connectivity index (χ1v) is 7.89. The van der Waals surface area contributed by atoms with Gasteiger partial charge in [0.1, 0.15) is 0 Å². The molecule has 0 aromatic heterocycles. The summed E-state index contributed by atoms with van der Waals surface area (Å²) in [5.41, 5.74) is 5.15. The van der Waals surface area contributed by atoms with Crippen LogP contribution in [0.15, 0.2) is 0 Å². The van der Waals surface area contributed by atoms with E-state index in [2.05, 4.69) is 5.32 Å². The molecule has 0 radical (unpaired) electrons. The molecule has 1 heterocycles. The van der Waals surface area contributed by atoms with Gasteiger partial charge in [-0.3, -0.25) is 19.3 Å². The maximum absolute atomic E-state index is 12.5. The zero-order valence-electron chi connectivity index (χ0n) is 12.6. The van der Waals surface area contributed by atoms with Crippen molar-refractivity contribution in [1.82, 2.24) is 10.2 Å². The van der Waals surface area contributed by atoms with Crippen LogP contribution in [0.1, 0.15) is 58.3 Å². The Morgan fingerprint density at radius 3 is 2.48 bits per heavy atom. The molecule has 2 unspecified atom stereocenters. The van der Waals surface area contributed by atoms with Gasteiger partial charge in [-0.15, -0.1) is 0 Å². The van der Waals surface area contributed by atoms with Gasteiger partial charge in [-0.1, -0.05) is 25.7 Å². The zero-order valence-corrected chi connectivity index (χ0v) is 12.6. The molecule has 1 aliphatic carbocycles. The Hall–Kier alpha value is -1.43. The number of hydrogen-bond acceptors (Lipinski definition) is 4. The highest BCUT2D eigenvalue weighted by Gasteiger charge is 2.42. The number of hydrogen-bond donors (Lipinski definition) is 2. The van der Waals surface area contributed by atoms with Crippen LogP contribution in [0.2, 0.25) is 0 Å². The van der Waals surface area contributed by atoms with Crippen LogP contribution < -0.4 is 11.1 Å². The molecule has 3 N–H and O–H groups in total. The lowest BCUT2D eigenvalue weighted by atomic mass is 10.1. The minimum absolute atomic E-state index is 0.0609. The van der Waals surface area contributed by atoms with Gasteiger partial charge in [0.15, 0.2) is 0 Å². The molecule has 2 rings (SSSR count). The van der Waals surface area contributed by atoms with Crippen LogP contribution in [-0.2, 0) is 14.4 Å². The second kappa shape index (κ2) is 7.02. The van der Waals surface area contributed by atoms with E-state index in [1.807, 2.05) is 0 Å². The van der Waals surface area contributed by atoms with Crippen LogP contribution >= 0.6 is 0 Å². The molecular weight excluding hydrogens is 270 g/mol. The first-order chi connectivity index (χ1) is 9.99. The number of likely N-dealkylation sites (tertiary alicyclic amines) is 1. The van der Waals surface area contributed by atoms with Gasteiger partial charge in [0, 0.05) is 18.5 Å². The van der Waals surface area contributed by atoms with Gasteiger partial charge >= 0.3 is 0 Å². The fraction of sp³-hybridized carbons (Fsp3) is 0.800. The topological polar surface area (TPSA) is 92.5 Å². The third-order valence-electron chi connectivity index (χ3n) is 4.37. The molecule has 21 heavy (non-hydrogen) atoms. The van der Waals surface area contributed by atoms with Crippen molar-refractivity contribution in [2.24, 2.45) is 5.73 Å². The lowest BCUT2D eigenvalue weighted by molar-refractivity contribution is -0.142. The largest absolute Gasteiger partial charge is 0.370 e. The number of rotatable bonds is 5. The van der Waals surface area contributed by atoms with Crippen LogP contribution in [0.25, 0.3) is 0 Å². The predicted octanol–water partition coefficient (Wildman–Crippen LogP) is 0.690. The van der Waals surface area contributed by atoms with Crippen molar-refractivity contribution in [3.63, 3.8) is 0 Å². The predicted molar refractivity (Wildman–Crippen MR) is 78.2 cm³/mol. The molecule has 1 saturated heterocycles. The standard InChI is InChI=1S/C15H25N3O3/c1-10(8-13(16)19)17-12-9-14(20)18(15(12)21)11-6-4-2-3-5-7-11/h10-12,17H,2-9H2,1H3,(H2,16,19). The summed E-state index contributed by atoms with van der Waals surface area (Å²) in [6, 6.07) is -0.640. The van der Waals surface area contributed by atoms with Crippen LogP contribution in [0.5, 0.6) is 0 Å². The van der Waals surface area contributed by atoms with Crippen molar-refractivity contribution in [1.29, 1.82) is 0 Å². The average Bonchev–Trinajstić information content (AvgIpc) is 2.59. The number of nitrogens with zero attached hydrogens (tertiary/aromatic N) is 1. The van der Waals surface area contributed by atoms with E-state index >= 15 is 0 Å². The maximum Gasteiger partial charge on any atom is 0.247 e. The molecule has 2 aliphatic rings. The average molecular weight is 295 g/mol. The molecule has 2 atom stereocenters. The Labute approximate surface area is 125 Å². The number of imide groups is 1. The summed E-state index contributed by atoms with van der Waals surface area (Å²) in [6.07, 6.45) is 6.73. The number of carbonyl (C=O) groups is 3. The molecule has 0 bridgehead atoms. The molecule has 3 amide bonds. The molecule has 6 heteroatoms.